The number of Topliss-reactive ketones (excluding diaryl/α,β-unsaturated/α-hetero) is 1. The molecule has 0 atom stereocenters. The van der Waals surface area contributed by atoms with Crippen LogP contribution < -0.4 is 14.2 Å². The Kier molecular flexibility index (Phi) is 6.35. The van der Waals surface area contributed by atoms with Gasteiger partial charge in [-0.15, -0.1) is 0 Å². The van der Waals surface area contributed by atoms with Crippen molar-refractivity contribution in [2.45, 2.75) is 46.1 Å². The molecular weight excluding hydrogens is 450 g/mol. The zero-order valence-electron chi connectivity index (χ0n) is 21.7. The van der Waals surface area contributed by atoms with Crippen molar-refractivity contribution < 1.29 is 19.0 Å². The molecule has 36 heavy (non-hydrogen) atoms. The van der Waals surface area contributed by atoms with Gasteiger partial charge in [-0.25, -0.2) is 0 Å². The molecule has 5 rings (SSSR count). The number of hydrogen-bond acceptors (Lipinski definition) is 5. The molecule has 0 fully saturated rings. The van der Waals surface area contributed by atoms with Crippen molar-refractivity contribution in [1.29, 1.82) is 0 Å². The van der Waals surface area contributed by atoms with Gasteiger partial charge in [0.1, 0.15) is 24.0 Å². The van der Waals surface area contributed by atoms with E-state index in [2.05, 4.69) is 43.9 Å². The molecule has 0 amide bonds. The first-order chi connectivity index (χ1) is 17.2. The largest absolute Gasteiger partial charge is 0.496 e. The van der Waals surface area contributed by atoms with Gasteiger partial charge in [-0.2, -0.15) is 0 Å². The molecular formula is C31H33NO4. The van der Waals surface area contributed by atoms with E-state index in [1.807, 2.05) is 49.4 Å². The van der Waals surface area contributed by atoms with Crippen molar-refractivity contribution in [3.8, 4) is 17.2 Å². The molecule has 0 N–H and O–H groups in total. The molecule has 5 heteroatoms. The number of fused-ring (bicyclic) bond motifs is 2. The van der Waals surface area contributed by atoms with Crippen molar-refractivity contribution in [2.75, 3.05) is 20.4 Å². The molecule has 0 aliphatic carbocycles. The standard InChI is InChI=1S/C31H33NO4/c1-20-29-23(18-32(19-35-29)15-14-22-8-6-7-9-26(22)34-5)17-25-28(33)27(36-30(20)25)16-21-10-12-24(13-11-21)31(2,3)4/h6-13,16-17H,14-15,18-19H2,1-5H3/b27-16-. The van der Waals surface area contributed by atoms with Crippen LogP contribution in [0, 0.1) is 6.92 Å². The highest BCUT2D eigenvalue weighted by Gasteiger charge is 2.33. The zero-order valence-corrected chi connectivity index (χ0v) is 21.7. The highest BCUT2D eigenvalue weighted by Crippen LogP contribution is 2.43. The molecule has 2 heterocycles. The van der Waals surface area contributed by atoms with E-state index in [-0.39, 0.29) is 11.2 Å². The summed E-state index contributed by atoms with van der Waals surface area (Å²) in [6, 6.07) is 18.3. The second kappa shape index (κ2) is 9.47. The molecule has 0 aromatic heterocycles. The number of carbonyl (C=O) groups is 1. The van der Waals surface area contributed by atoms with Crippen LogP contribution in [-0.2, 0) is 18.4 Å². The Hall–Kier alpha value is -3.57. The number of methoxy groups -OCH3 is 1. The van der Waals surface area contributed by atoms with Gasteiger partial charge >= 0.3 is 0 Å². The number of benzene rings is 3. The van der Waals surface area contributed by atoms with E-state index in [0.29, 0.717) is 23.8 Å². The van der Waals surface area contributed by atoms with Gasteiger partial charge in [0.2, 0.25) is 5.78 Å². The van der Waals surface area contributed by atoms with Crippen molar-refractivity contribution in [2.24, 2.45) is 0 Å². The summed E-state index contributed by atoms with van der Waals surface area (Å²) >= 11 is 0. The quantitative estimate of drug-likeness (QED) is 0.398. The maximum Gasteiger partial charge on any atom is 0.231 e. The minimum absolute atomic E-state index is 0.0815. The zero-order chi connectivity index (χ0) is 25.4. The van der Waals surface area contributed by atoms with Crippen LogP contribution in [0.5, 0.6) is 17.2 Å². The average molecular weight is 484 g/mol. The number of ketones is 1. The second-order valence-corrected chi connectivity index (χ2v) is 10.6. The van der Waals surface area contributed by atoms with Crippen LogP contribution in [-0.4, -0.2) is 31.1 Å². The molecule has 2 aliphatic heterocycles. The number of nitrogens with zero attached hydrogens (tertiary/aromatic N) is 1. The summed E-state index contributed by atoms with van der Waals surface area (Å²) in [6.45, 7) is 10.6. The van der Waals surface area contributed by atoms with Crippen LogP contribution in [0.2, 0.25) is 0 Å². The number of para-hydroxylation sites is 1. The molecule has 0 unspecified atom stereocenters. The van der Waals surface area contributed by atoms with E-state index >= 15 is 0 Å². The van der Waals surface area contributed by atoms with Crippen LogP contribution in [0.15, 0.2) is 60.4 Å². The minimum atomic E-state index is -0.0815. The van der Waals surface area contributed by atoms with Crippen LogP contribution in [0.4, 0.5) is 0 Å². The van der Waals surface area contributed by atoms with E-state index in [9.17, 15) is 4.79 Å². The van der Waals surface area contributed by atoms with Gasteiger partial charge in [-0.05, 0) is 53.7 Å². The minimum Gasteiger partial charge on any atom is -0.496 e. The van der Waals surface area contributed by atoms with Gasteiger partial charge in [0.05, 0.1) is 12.7 Å². The molecule has 0 saturated carbocycles. The number of rotatable bonds is 5. The van der Waals surface area contributed by atoms with Gasteiger partial charge in [0.25, 0.3) is 0 Å². The maximum absolute atomic E-state index is 13.3. The number of ether oxygens (including phenoxy) is 3. The molecule has 0 saturated heterocycles. The summed E-state index contributed by atoms with van der Waals surface area (Å²) in [4.78, 5) is 15.5. The smallest absolute Gasteiger partial charge is 0.231 e. The molecule has 0 bridgehead atoms. The number of allylic oxidation sites excluding steroid dienone is 1. The van der Waals surface area contributed by atoms with Gasteiger partial charge in [0.15, 0.2) is 5.76 Å². The third kappa shape index (κ3) is 4.63. The van der Waals surface area contributed by atoms with Gasteiger partial charge < -0.3 is 14.2 Å². The van der Waals surface area contributed by atoms with Gasteiger partial charge in [-0.3, -0.25) is 9.69 Å². The SMILES string of the molecule is COc1ccccc1CCN1COc2c(cc3c(c2C)O/C(=C\c2ccc(C(C)(C)C)cc2)C3=O)C1. The van der Waals surface area contributed by atoms with Crippen molar-refractivity contribution in [1.82, 2.24) is 4.90 Å². The summed E-state index contributed by atoms with van der Waals surface area (Å²) in [7, 11) is 1.70. The third-order valence-corrected chi connectivity index (χ3v) is 6.97. The van der Waals surface area contributed by atoms with Gasteiger partial charge in [0, 0.05) is 24.2 Å². The topological polar surface area (TPSA) is 48.0 Å². The van der Waals surface area contributed by atoms with Crippen molar-refractivity contribution in [3.63, 3.8) is 0 Å². The maximum atomic E-state index is 13.3. The highest BCUT2D eigenvalue weighted by molar-refractivity contribution is 6.15. The lowest BCUT2D eigenvalue weighted by atomic mass is 9.86. The predicted octanol–water partition coefficient (Wildman–Crippen LogP) is 6.31. The fourth-order valence-electron chi connectivity index (χ4n) is 4.86. The van der Waals surface area contributed by atoms with E-state index in [0.717, 1.165) is 47.7 Å². The number of hydrogen-bond donors (Lipinski definition) is 0. The molecule has 186 valence electrons. The summed E-state index contributed by atoms with van der Waals surface area (Å²) in [5.74, 6) is 2.61. The Labute approximate surface area is 213 Å². The Morgan fingerprint density at radius 1 is 1.06 bits per heavy atom. The van der Waals surface area contributed by atoms with Crippen molar-refractivity contribution in [3.05, 3.63) is 93.7 Å². The fourth-order valence-corrected chi connectivity index (χ4v) is 4.86. The van der Waals surface area contributed by atoms with Crippen LogP contribution in [0.3, 0.4) is 0 Å². The van der Waals surface area contributed by atoms with E-state index in [1.165, 1.54) is 11.1 Å². The van der Waals surface area contributed by atoms with Crippen molar-refractivity contribution >= 4 is 11.9 Å². The summed E-state index contributed by atoms with van der Waals surface area (Å²) in [6.07, 6.45) is 2.68. The predicted molar refractivity (Wildman–Crippen MR) is 142 cm³/mol. The van der Waals surface area contributed by atoms with Crippen LogP contribution >= 0.6 is 0 Å². The molecule has 0 radical (unpaired) electrons. The summed E-state index contributed by atoms with van der Waals surface area (Å²) in [5, 5.41) is 0. The first-order valence-electron chi connectivity index (χ1n) is 12.4. The Morgan fingerprint density at radius 2 is 1.81 bits per heavy atom. The molecule has 3 aromatic carbocycles. The summed E-state index contributed by atoms with van der Waals surface area (Å²) in [5.41, 5.74) is 5.96. The molecule has 3 aromatic rings. The Balaban J connectivity index is 1.34. The summed E-state index contributed by atoms with van der Waals surface area (Å²) < 4.78 is 17.7. The van der Waals surface area contributed by atoms with E-state index in [4.69, 9.17) is 14.2 Å². The first kappa shape index (κ1) is 24.1. The molecule has 2 aliphatic rings. The lowest BCUT2D eigenvalue weighted by Gasteiger charge is -2.30. The molecule has 0 spiro atoms. The van der Waals surface area contributed by atoms with E-state index < -0.39 is 0 Å². The normalized spacial score (nSPS) is 16.4. The van der Waals surface area contributed by atoms with E-state index in [1.54, 1.807) is 7.11 Å². The van der Waals surface area contributed by atoms with Gasteiger partial charge in [-0.1, -0.05) is 63.2 Å². The lowest BCUT2D eigenvalue weighted by Crippen LogP contribution is -2.34. The number of carbonyl (C=O) groups excluding carboxylic acids is 1. The van der Waals surface area contributed by atoms with Crippen LogP contribution in [0.25, 0.3) is 6.08 Å². The van der Waals surface area contributed by atoms with Crippen LogP contribution in [0.1, 0.15) is 58.9 Å². The monoisotopic (exact) mass is 483 g/mol. The fraction of sp³-hybridized carbons (Fsp3) is 0.323. The average Bonchev–Trinajstić information content (AvgIpc) is 3.18. The first-order valence-corrected chi connectivity index (χ1v) is 12.4. The second-order valence-electron chi connectivity index (χ2n) is 10.6. The third-order valence-electron chi connectivity index (χ3n) is 6.97. The lowest BCUT2D eigenvalue weighted by molar-refractivity contribution is 0.0952. The Bertz CT molecular complexity index is 1330. The Morgan fingerprint density at radius 3 is 2.53 bits per heavy atom. The molecule has 5 nitrogen and oxygen atoms in total. The highest BCUT2D eigenvalue weighted by atomic mass is 16.5.